The largest absolute Gasteiger partial charge is 0.481 e. The average Bonchev–Trinajstić information content (AvgIpc) is 3.32. The van der Waals surface area contributed by atoms with Gasteiger partial charge in [-0.05, 0) is 30.4 Å². The van der Waals surface area contributed by atoms with Crippen LogP contribution in [0.25, 0.3) is 0 Å². The van der Waals surface area contributed by atoms with Gasteiger partial charge in [-0.1, -0.05) is 18.2 Å². The lowest BCUT2D eigenvalue weighted by Gasteiger charge is -2.33. The van der Waals surface area contributed by atoms with E-state index in [0.717, 1.165) is 12.1 Å². The highest BCUT2D eigenvalue weighted by Gasteiger charge is 2.57. The number of hydrogen-bond acceptors (Lipinski definition) is 3. The van der Waals surface area contributed by atoms with Crippen LogP contribution in [-0.2, 0) is 20.5 Å². The van der Waals surface area contributed by atoms with Crippen molar-refractivity contribution in [1.82, 2.24) is 4.90 Å². The van der Waals surface area contributed by atoms with Crippen LogP contribution in [0.3, 0.4) is 0 Å². The number of amides is 1. The van der Waals surface area contributed by atoms with Gasteiger partial charge in [0.1, 0.15) is 0 Å². The number of ether oxygens (including phenoxy) is 1. The van der Waals surface area contributed by atoms with Crippen LogP contribution in [0.4, 0.5) is 13.2 Å². The van der Waals surface area contributed by atoms with Crippen molar-refractivity contribution >= 4 is 11.9 Å². The van der Waals surface area contributed by atoms with Crippen molar-refractivity contribution in [1.29, 1.82) is 0 Å². The number of benzene rings is 1. The monoisotopic (exact) mass is 383 g/mol. The molecule has 2 heterocycles. The second-order valence-electron chi connectivity index (χ2n) is 7.77. The lowest BCUT2D eigenvalue weighted by Crippen LogP contribution is -2.45. The number of alkyl halides is 3. The highest BCUT2D eigenvalue weighted by molar-refractivity contribution is 5.85. The summed E-state index contributed by atoms with van der Waals surface area (Å²) in [6.07, 6.45) is -3.54. The molecule has 1 aliphatic carbocycles. The minimum atomic E-state index is -4.41. The summed E-state index contributed by atoms with van der Waals surface area (Å²) in [5.74, 6) is -1.91. The van der Waals surface area contributed by atoms with Gasteiger partial charge in [0.05, 0.1) is 17.6 Å². The number of aliphatic carboxylic acids is 1. The van der Waals surface area contributed by atoms with Gasteiger partial charge >= 0.3 is 12.1 Å². The third-order valence-corrected chi connectivity index (χ3v) is 6.19. The number of carboxylic acids is 1. The van der Waals surface area contributed by atoms with Gasteiger partial charge in [0, 0.05) is 31.5 Å². The van der Waals surface area contributed by atoms with E-state index in [4.69, 9.17) is 4.74 Å². The fraction of sp³-hybridized carbons (Fsp3) is 0.579. The average molecular weight is 383 g/mol. The SMILES string of the molecule is O=C(C1CC1c1cccc(C(F)(F)F)c1)N1C[C@H]2COCC[C@@]2(C(=O)O)C1. The van der Waals surface area contributed by atoms with E-state index in [1.807, 2.05) is 0 Å². The Morgan fingerprint density at radius 3 is 2.74 bits per heavy atom. The van der Waals surface area contributed by atoms with Gasteiger partial charge in [0.15, 0.2) is 0 Å². The molecule has 0 spiro atoms. The molecule has 1 aromatic rings. The van der Waals surface area contributed by atoms with E-state index in [2.05, 4.69) is 0 Å². The molecule has 146 valence electrons. The number of fused-ring (bicyclic) bond motifs is 1. The van der Waals surface area contributed by atoms with Crippen molar-refractivity contribution in [2.24, 2.45) is 17.3 Å². The predicted molar refractivity (Wildman–Crippen MR) is 87.9 cm³/mol. The topological polar surface area (TPSA) is 66.8 Å². The van der Waals surface area contributed by atoms with E-state index in [-0.39, 0.29) is 30.2 Å². The fourth-order valence-corrected chi connectivity index (χ4v) is 4.48. The molecule has 0 aromatic heterocycles. The molecular weight excluding hydrogens is 363 g/mol. The smallest absolute Gasteiger partial charge is 0.416 e. The summed E-state index contributed by atoms with van der Waals surface area (Å²) < 4.78 is 44.1. The van der Waals surface area contributed by atoms with Crippen molar-refractivity contribution in [3.8, 4) is 0 Å². The molecular formula is C19H20F3NO4. The third kappa shape index (κ3) is 3.09. The number of hydrogen-bond donors (Lipinski definition) is 1. The van der Waals surface area contributed by atoms with Gasteiger partial charge < -0.3 is 14.7 Å². The summed E-state index contributed by atoms with van der Waals surface area (Å²) in [6.45, 7) is 1.16. The summed E-state index contributed by atoms with van der Waals surface area (Å²) >= 11 is 0. The molecule has 4 rings (SSSR count). The second kappa shape index (κ2) is 6.22. The molecule has 2 aliphatic heterocycles. The van der Waals surface area contributed by atoms with E-state index in [0.29, 0.717) is 38.2 Å². The van der Waals surface area contributed by atoms with Crippen LogP contribution < -0.4 is 0 Å². The van der Waals surface area contributed by atoms with Gasteiger partial charge in [-0.3, -0.25) is 9.59 Å². The maximum Gasteiger partial charge on any atom is 0.416 e. The van der Waals surface area contributed by atoms with E-state index in [1.165, 1.54) is 6.07 Å². The Labute approximate surface area is 154 Å². The zero-order valence-electron chi connectivity index (χ0n) is 14.5. The van der Waals surface area contributed by atoms with Gasteiger partial charge in [-0.2, -0.15) is 13.2 Å². The summed E-state index contributed by atoms with van der Waals surface area (Å²) in [5.41, 5.74) is -1.17. The molecule has 3 aliphatic rings. The van der Waals surface area contributed by atoms with Crippen LogP contribution in [0, 0.1) is 17.3 Å². The lowest BCUT2D eigenvalue weighted by atomic mass is 9.74. The predicted octanol–water partition coefficient (Wildman–Crippen LogP) is 2.76. The first-order chi connectivity index (χ1) is 12.7. The summed E-state index contributed by atoms with van der Waals surface area (Å²) in [5, 5.41) is 9.69. The number of nitrogens with zero attached hydrogens (tertiary/aromatic N) is 1. The third-order valence-electron chi connectivity index (χ3n) is 6.19. The zero-order chi connectivity index (χ0) is 19.4. The molecule has 0 radical (unpaired) electrons. The molecule has 2 saturated heterocycles. The molecule has 1 amide bonds. The first-order valence-corrected chi connectivity index (χ1v) is 8.99. The van der Waals surface area contributed by atoms with Crippen LogP contribution in [0.2, 0.25) is 0 Å². The number of likely N-dealkylation sites (tertiary alicyclic amines) is 1. The van der Waals surface area contributed by atoms with Crippen LogP contribution in [0.5, 0.6) is 0 Å². The van der Waals surface area contributed by atoms with Crippen molar-refractivity contribution in [2.75, 3.05) is 26.3 Å². The number of rotatable bonds is 3. The normalized spacial score (nSPS) is 32.9. The molecule has 4 atom stereocenters. The lowest BCUT2D eigenvalue weighted by molar-refractivity contribution is -0.157. The molecule has 1 N–H and O–H groups in total. The first-order valence-electron chi connectivity index (χ1n) is 8.99. The van der Waals surface area contributed by atoms with Crippen LogP contribution in [0.1, 0.15) is 29.9 Å². The van der Waals surface area contributed by atoms with E-state index >= 15 is 0 Å². The Balaban J connectivity index is 1.47. The van der Waals surface area contributed by atoms with Crippen molar-refractivity contribution in [3.63, 3.8) is 0 Å². The molecule has 5 nitrogen and oxygen atoms in total. The van der Waals surface area contributed by atoms with Crippen LogP contribution in [-0.4, -0.2) is 48.2 Å². The Morgan fingerprint density at radius 1 is 1.30 bits per heavy atom. The minimum absolute atomic E-state index is 0.154. The number of carboxylic acid groups (broad SMARTS) is 1. The van der Waals surface area contributed by atoms with Gasteiger partial charge in [-0.25, -0.2) is 0 Å². The highest BCUT2D eigenvalue weighted by Crippen LogP contribution is 2.51. The van der Waals surface area contributed by atoms with Gasteiger partial charge in [0.2, 0.25) is 5.91 Å². The number of halogens is 3. The van der Waals surface area contributed by atoms with Crippen LogP contribution >= 0.6 is 0 Å². The quantitative estimate of drug-likeness (QED) is 0.872. The van der Waals surface area contributed by atoms with E-state index < -0.39 is 23.1 Å². The molecule has 2 unspecified atom stereocenters. The molecule has 8 heteroatoms. The fourth-order valence-electron chi connectivity index (χ4n) is 4.48. The van der Waals surface area contributed by atoms with Crippen LogP contribution in [0.15, 0.2) is 24.3 Å². The van der Waals surface area contributed by atoms with Crippen molar-refractivity contribution in [3.05, 3.63) is 35.4 Å². The molecule has 1 saturated carbocycles. The first kappa shape index (κ1) is 18.3. The zero-order valence-corrected chi connectivity index (χ0v) is 14.5. The second-order valence-corrected chi connectivity index (χ2v) is 7.77. The maximum absolute atomic E-state index is 12.9. The molecule has 27 heavy (non-hydrogen) atoms. The molecule has 0 bridgehead atoms. The van der Waals surface area contributed by atoms with Crippen molar-refractivity contribution < 1.29 is 32.6 Å². The van der Waals surface area contributed by atoms with Gasteiger partial charge in [-0.15, -0.1) is 0 Å². The maximum atomic E-state index is 12.9. The van der Waals surface area contributed by atoms with E-state index in [1.54, 1.807) is 11.0 Å². The standard InChI is InChI=1S/C19H20F3NO4/c20-19(21,22)12-3-1-2-11(6-12)14-7-15(14)16(24)23-8-13-9-27-5-4-18(13,10-23)17(25)26/h1-3,6,13-15H,4-5,7-10H2,(H,25,26)/t13-,14?,15?,18+/m0/s1. The molecule has 3 fully saturated rings. The van der Waals surface area contributed by atoms with Gasteiger partial charge in [0.25, 0.3) is 0 Å². The summed E-state index contributed by atoms with van der Waals surface area (Å²) in [6, 6.07) is 5.10. The number of carbonyl (C=O) groups is 2. The Bertz CT molecular complexity index is 780. The highest BCUT2D eigenvalue weighted by atomic mass is 19.4. The Kier molecular flexibility index (Phi) is 4.21. The Hall–Kier alpha value is -2.09. The van der Waals surface area contributed by atoms with Crippen molar-refractivity contribution in [2.45, 2.75) is 24.9 Å². The minimum Gasteiger partial charge on any atom is -0.481 e. The summed E-state index contributed by atoms with van der Waals surface area (Å²) in [7, 11) is 0. The molecule has 1 aromatic carbocycles. The Morgan fingerprint density at radius 2 is 2.07 bits per heavy atom. The summed E-state index contributed by atoms with van der Waals surface area (Å²) in [4.78, 5) is 26.3. The van der Waals surface area contributed by atoms with E-state index in [9.17, 15) is 27.9 Å². The number of carbonyl (C=O) groups excluding carboxylic acids is 1.